The van der Waals surface area contributed by atoms with Crippen molar-refractivity contribution in [2.24, 2.45) is 0 Å². The number of hydrogen-bond acceptors (Lipinski definition) is 3. The van der Waals surface area contributed by atoms with Crippen LogP contribution in [0.25, 0.3) is 0 Å². The Bertz CT molecular complexity index is 459. The zero-order valence-electron chi connectivity index (χ0n) is 8.70. The van der Waals surface area contributed by atoms with Gasteiger partial charge in [0.25, 0.3) is 0 Å². The predicted octanol–water partition coefficient (Wildman–Crippen LogP) is 1.76. The number of ketones is 1. The van der Waals surface area contributed by atoms with Gasteiger partial charge in [-0.25, -0.2) is 0 Å². The van der Waals surface area contributed by atoms with Crippen LogP contribution in [0, 0.1) is 0 Å². The van der Waals surface area contributed by atoms with Gasteiger partial charge in [-0.15, -0.1) is 0 Å². The molecule has 0 bridgehead atoms. The molecule has 0 radical (unpaired) electrons. The Morgan fingerprint density at radius 3 is 2.69 bits per heavy atom. The monoisotopic (exact) mass is 283 g/mol. The molecule has 84 valence electrons. The Labute approximate surface area is 101 Å². The maximum atomic E-state index is 11.5. The molecule has 0 aliphatic carbocycles. The first-order valence-corrected chi connectivity index (χ1v) is 5.56. The molecule has 0 aromatic heterocycles. The van der Waals surface area contributed by atoms with Gasteiger partial charge in [0.15, 0.2) is 5.78 Å². The molecule has 5 heteroatoms. The Morgan fingerprint density at radius 2 is 2.12 bits per heavy atom. The third-order valence-corrected chi connectivity index (χ3v) is 3.09. The summed E-state index contributed by atoms with van der Waals surface area (Å²) in [7, 11) is 1.56. The Kier molecular flexibility index (Phi) is 2.96. The Morgan fingerprint density at radius 1 is 1.38 bits per heavy atom. The number of methoxy groups -OCH3 is 1. The molecule has 0 N–H and O–H groups in total. The SMILES string of the molecule is COc1cc(N2CC(=O)CC2=O)ccc1Br. The van der Waals surface area contributed by atoms with Crippen LogP contribution in [-0.2, 0) is 9.59 Å². The number of Topliss-reactive ketones (excluding diaryl/α,β-unsaturated/α-hetero) is 1. The highest BCUT2D eigenvalue weighted by Gasteiger charge is 2.28. The fourth-order valence-electron chi connectivity index (χ4n) is 1.64. The average Bonchev–Trinajstić information content (AvgIpc) is 2.59. The van der Waals surface area contributed by atoms with Crippen LogP contribution in [-0.4, -0.2) is 25.3 Å². The number of carbonyl (C=O) groups is 2. The quantitative estimate of drug-likeness (QED) is 0.777. The van der Waals surface area contributed by atoms with Crippen LogP contribution >= 0.6 is 15.9 Å². The summed E-state index contributed by atoms with van der Waals surface area (Å²) in [6.07, 6.45) is -0.00161. The lowest BCUT2D eigenvalue weighted by atomic mass is 10.3. The molecule has 1 heterocycles. The molecule has 1 aliphatic rings. The molecule has 1 aromatic rings. The third kappa shape index (κ3) is 1.95. The fraction of sp³-hybridized carbons (Fsp3) is 0.273. The molecule has 0 spiro atoms. The van der Waals surface area contributed by atoms with E-state index in [0.29, 0.717) is 11.4 Å². The van der Waals surface area contributed by atoms with Gasteiger partial charge in [-0.05, 0) is 28.1 Å². The molecule has 1 aromatic carbocycles. The third-order valence-electron chi connectivity index (χ3n) is 2.43. The summed E-state index contributed by atoms with van der Waals surface area (Å²) in [5.74, 6) is 0.436. The van der Waals surface area contributed by atoms with Crippen LogP contribution < -0.4 is 9.64 Å². The van der Waals surface area contributed by atoms with E-state index in [9.17, 15) is 9.59 Å². The van der Waals surface area contributed by atoms with Crippen LogP contribution in [0.4, 0.5) is 5.69 Å². The zero-order chi connectivity index (χ0) is 11.7. The highest BCUT2D eigenvalue weighted by atomic mass is 79.9. The summed E-state index contributed by atoms with van der Waals surface area (Å²) < 4.78 is 5.95. The van der Waals surface area contributed by atoms with E-state index < -0.39 is 0 Å². The molecular weight excluding hydrogens is 274 g/mol. The number of benzene rings is 1. The molecule has 1 fully saturated rings. The fourth-order valence-corrected chi connectivity index (χ4v) is 2.04. The van der Waals surface area contributed by atoms with Gasteiger partial charge < -0.3 is 9.64 Å². The largest absolute Gasteiger partial charge is 0.495 e. The molecule has 4 nitrogen and oxygen atoms in total. The second kappa shape index (κ2) is 4.25. The van der Waals surface area contributed by atoms with E-state index >= 15 is 0 Å². The van der Waals surface area contributed by atoms with Gasteiger partial charge in [0, 0.05) is 11.8 Å². The maximum absolute atomic E-state index is 11.5. The number of halogens is 1. The highest BCUT2D eigenvalue weighted by Crippen LogP contribution is 2.30. The molecule has 1 amide bonds. The number of ether oxygens (including phenoxy) is 1. The summed E-state index contributed by atoms with van der Waals surface area (Å²) in [5.41, 5.74) is 0.691. The molecule has 0 saturated carbocycles. The number of amides is 1. The topological polar surface area (TPSA) is 46.6 Å². The minimum Gasteiger partial charge on any atom is -0.495 e. The van der Waals surface area contributed by atoms with E-state index in [1.165, 1.54) is 4.90 Å². The lowest BCUT2D eigenvalue weighted by molar-refractivity contribution is -0.121. The molecular formula is C11H10BrNO3. The van der Waals surface area contributed by atoms with Crippen molar-refractivity contribution >= 4 is 33.3 Å². The summed E-state index contributed by atoms with van der Waals surface area (Å²) in [4.78, 5) is 24.1. The summed E-state index contributed by atoms with van der Waals surface area (Å²) in [5, 5.41) is 0. The lowest BCUT2D eigenvalue weighted by Crippen LogP contribution is -2.24. The first kappa shape index (κ1) is 11.1. The van der Waals surface area contributed by atoms with Crippen LogP contribution in [0.1, 0.15) is 6.42 Å². The lowest BCUT2D eigenvalue weighted by Gasteiger charge is -2.16. The Hall–Kier alpha value is -1.36. The molecule has 2 rings (SSSR count). The van der Waals surface area contributed by atoms with Crippen LogP contribution in [0.2, 0.25) is 0 Å². The predicted molar refractivity (Wildman–Crippen MR) is 62.7 cm³/mol. The number of anilines is 1. The van der Waals surface area contributed by atoms with E-state index in [1.54, 1.807) is 25.3 Å². The van der Waals surface area contributed by atoms with E-state index in [4.69, 9.17) is 4.74 Å². The number of rotatable bonds is 2. The molecule has 16 heavy (non-hydrogen) atoms. The van der Waals surface area contributed by atoms with Gasteiger partial charge in [0.2, 0.25) is 5.91 Å². The molecule has 0 atom stereocenters. The summed E-state index contributed by atoms with van der Waals surface area (Å²) in [6.45, 7) is 0.156. The van der Waals surface area contributed by atoms with Gasteiger partial charge in [-0.1, -0.05) is 0 Å². The Balaban J connectivity index is 2.34. The zero-order valence-corrected chi connectivity index (χ0v) is 10.3. The van der Waals surface area contributed by atoms with E-state index in [1.807, 2.05) is 0 Å². The smallest absolute Gasteiger partial charge is 0.234 e. The van der Waals surface area contributed by atoms with Gasteiger partial charge in [0.05, 0.1) is 24.5 Å². The first-order valence-electron chi connectivity index (χ1n) is 4.77. The summed E-state index contributed by atoms with van der Waals surface area (Å²) >= 11 is 3.33. The van der Waals surface area contributed by atoms with Crippen molar-refractivity contribution in [1.82, 2.24) is 0 Å². The van der Waals surface area contributed by atoms with Crippen molar-refractivity contribution < 1.29 is 14.3 Å². The minimum atomic E-state index is -0.158. The standard InChI is InChI=1S/C11H10BrNO3/c1-16-10-4-7(2-3-9(10)12)13-6-8(14)5-11(13)15/h2-4H,5-6H2,1H3. The number of nitrogens with zero attached hydrogens (tertiary/aromatic N) is 1. The number of carbonyl (C=O) groups excluding carboxylic acids is 2. The van der Waals surface area contributed by atoms with Crippen LogP contribution in [0.3, 0.4) is 0 Å². The van der Waals surface area contributed by atoms with Crippen molar-refractivity contribution in [3.05, 3.63) is 22.7 Å². The summed E-state index contributed by atoms with van der Waals surface area (Å²) in [6, 6.07) is 5.31. The van der Waals surface area contributed by atoms with E-state index in [-0.39, 0.29) is 24.7 Å². The van der Waals surface area contributed by atoms with Crippen molar-refractivity contribution in [3.8, 4) is 5.75 Å². The molecule has 1 aliphatic heterocycles. The van der Waals surface area contributed by atoms with E-state index in [2.05, 4.69) is 15.9 Å². The maximum Gasteiger partial charge on any atom is 0.234 e. The van der Waals surface area contributed by atoms with Crippen LogP contribution in [0.5, 0.6) is 5.75 Å². The van der Waals surface area contributed by atoms with Gasteiger partial charge >= 0.3 is 0 Å². The average molecular weight is 284 g/mol. The van der Waals surface area contributed by atoms with Crippen molar-refractivity contribution in [2.45, 2.75) is 6.42 Å². The second-order valence-electron chi connectivity index (χ2n) is 3.51. The first-order chi connectivity index (χ1) is 7.61. The molecule has 0 unspecified atom stereocenters. The van der Waals surface area contributed by atoms with Crippen molar-refractivity contribution in [1.29, 1.82) is 0 Å². The van der Waals surface area contributed by atoms with Gasteiger partial charge in [-0.2, -0.15) is 0 Å². The van der Waals surface area contributed by atoms with E-state index in [0.717, 1.165) is 4.47 Å². The highest BCUT2D eigenvalue weighted by molar-refractivity contribution is 9.10. The number of hydrogen-bond donors (Lipinski definition) is 0. The van der Waals surface area contributed by atoms with Gasteiger partial charge in [0.1, 0.15) is 5.75 Å². The van der Waals surface area contributed by atoms with Crippen molar-refractivity contribution in [3.63, 3.8) is 0 Å². The second-order valence-corrected chi connectivity index (χ2v) is 4.37. The van der Waals surface area contributed by atoms with Crippen LogP contribution in [0.15, 0.2) is 22.7 Å². The minimum absolute atomic E-state index is 0.00161. The van der Waals surface area contributed by atoms with Crippen molar-refractivity contribution in [2.75, 3.05) is 18.6 Å². The van der Waals surface area contributed by atoms with Gasteiger partial charge in [-0.3, -0.25) is 9.59 Å². The molecule has 1 saturated heterocycles. The normalized spacial score (nSPS) is 15.8.